The van der Waals surface area contributed by atoms with Crippen LogP contribution in [0.1, 0.15) is 43.2 Å². The molecule has 120 valence electrons. The Morgan fingerprint density at radius 3 is 2.26 bits per heavy atom. The van der Waals surface area contributed by atoms with Crippen molar-refractivity contribution in [1.29, 1.82) is 0 Å². The van der Waals surface area contributed by atoms with E-state index in [0.29, 0.717) is 6.61 Å². The third-order valence-corrected chi connectivity index (χ3v) is 5.24. The zero-order chi connectivity index (χ0) is 16.1. The van der Waals surface area contributed by atoms with Gasteiger partial charge < -0.3 is 4.74 Å². The molecule has 0 heterocycles. The van der Waals surface area contributed by atoms with E-state index in [9.17, 15) is 4.79 Å². The topological polar surface area (TPSA) is 26.3 Å². The average Bonchev–Trinajstić information content (AvgIpc) is 2.61. The second kappa shape index (κ2) is 7.31. The maximum Gasteiger partial charge on any atom is 0.316 e. The average molecular weight is 373 g/mol. The van der Waals surface area contributed by atoms with Crippen LogP contribution in [0.25, 0.3) is 0 Å². The lowest BCUT2D eigenvalue weighted by atomic mass is 9.69. The molecular formula is C20H21BrO2. The van der Waals surface area contributed by atoms with Crippen LogP contribution in [0.5, 0.6) is 0 Å². The van der Waals surface area contributed by atoms with Gasteiger partial charge in [0.15, 0.2) is 0 Å². The summed E-state index contributed by atoms with van der Waals surface area (Å²) in [4.78, 5) is 12.9. The minimum atomic E-state index is -0.478. The Morgan fingerprint density at radius 1 is 0.957 bits per heavy atom. The van der Waals surface area contributed by atoms with Gasteiger partial charge in [-0.2, -0.15) is 0 Å². The Balaban J connectivity index is 1.80. The molecule has 0 unspecified atom stereocenters. The highest BCUT2D eigenvalue weighted by atomic mass is 79.9. The molecule has 1 fully saturated rings. The lowest BCUT2D eigenvalue weighted by Crippen LogP contribution is -2.39. The molecule has 3 heteroatoms. The first-order valence-corrected chi connectivity index (χ1v) is 8.97. The summed E-state index contributed by atoms with van der Waals surface area (Å²) in [7, 11) is 0. The van der Waals surface area contributed by atoms with Gasteiger partial charge in [-0.25, -0.2) is 0 Å². The number of hydrogen-bond acceptors (Lipinski definition) is 2. The number of carbonyl (C=O) groups is 1. The normalized spacial score (nSPS) is 16.7. The molecule has 0 N–H and O–H groups in total. The molecule has 2 aromatic rings. The number of halogens is 1. The molecule has 3 rings (SSSR count). The zero-order valence-electron chi connectivity index (χ0n) is 13.1. The predicted molar refractivity (Wildman–Crippen MR) is 95.1 cm³/mol. The van der Waals surface area contributed by atoms with Crippen LogP contribution in [0.15, 0.2) is 59.1 Å². The van der Waals surface area contributed by atoms with Crippen molar-refractivity contribution in [3.8, 4) is 0 Å². The highest BCUT2D eigenvalue weighted by Crippen LogP contribution is 2.41. The Labute approximate surface area is 146 Å². The van der Waals surface area contributed by atoms with Crippen LogP contribution in [0.3, 0.4) is 0 Å². The quantitative estimate of drug-likeness (QED) is 0.672. The van der Waals surface area contributed by atoms with E-state index in [1.165, 1.54) is 6.42 Å². The molecule has 0 bridgehead atoms. The van der Waals surface area contributed by atoms with E-state index in [1.54, 1.807) is 0 Å². The first-order chi connectivity index (χ1) is 11.2. The van der Waals surface area contributed by atoms with E-state index in [0.717, 1.165) is 41.3 Å². The smallest absolute Gasteiger partial charge is 0.316 e. The highest BCUT2D eigenvalue weighted by Gasteiger charge is 2.42. The SMILES string of the molecule is O=C(OCc1ccccc1)C1(c2ccc(Br)cc2)CCCCC1. The van der Waals surface area contributed by atoms with E-state index in [2.05, 4.69) is 28.1 Å². The molecule has 1 aliphatic carbocycles. The molecule has 0 aliphatic heterocycles. The lowest BCUT2D eigenvalue weighted by molar-refractivity contribution is -0.153. The second-order valence-corrected chi connectivity index (χ2v) is 7.13. The van der Waals surface area contributed by atoms with Gasteiger partial charge in [0.1, 0.15) is 6.61 Å². The van der Waals surface area contributed by atoms with Crippen LogP contribution >= 0.6 is 15.9 Å². The van der Waals surface area contributed by atoms with Crippen LogP contribution in [0.4, 0.5) is 0 Å². The predicted octanol–water partition coefficient (Wildman–Crippen LogP) is 5.39. The Bertz CT molecular complexity index is 643. The summed E-state index contributed by atoms with van der Waals surface area (Å²) in [5.74, 6) is -0.0802. The van der Waals surface area contributed by atoms with Crippen molar-refractivity contribution in [3.05, 3.63) is 70.2 Å². The van der Waals surface area contributed by atoms with Gasteiger partial charge in [0.05, 0.1) is 5.41 Å². The van der Waals surface area contributed by atoms with Gasteiger partial charge >= 0.3 is 5.97 Å². The molecule has 0 spiro atoms. The highest BCUT2D eigenvalue weighted by molar-refractivity contribution is 9.10. The number of ether oxygens (including phenoxy) is 1. The van der Waals surface area contributed by atoms with Gasteiger partial charge in [-0.3, -0.25) is 4.79 Å². The molecule has 23 heavy (non-hydrogen) atoms. The number of esters is 1. The molecule has 0 aromatic heterocycles. The van der Waals surface area contributed by atoms with Gasteiger partial charge in [0.2, 0.25) is 0 Å². The maximum absolute atomic E-state index is 12.9. The standard InChI is InChI=1S/C20H21BrO2/c21-18-11-9-17(10-12-18)20(13-5-2-6-14-20)19(22)23-15-16-7-3-1-4-8-16/h1,3-4,7-12H,2,5-6,13-15H2. The van der Waals surface area contributed by atoms with Crippen LogP contribution < -0.4 is 0 Å². The molecule has 2 nitrogen and oxygen atoms in total. The van der Waals surface area contributed by atoms with Gasteiger partial charge in [-0.05, 0) is 36.1 Å². The summed E-state index contributed by atoms with van der Waals surface area (Å²) in [5, 5.41) is 0. The first-order valence-electron chi connectivity index (χ1n) is 8.18. The van der Waals surface area contributed by atoms with Gasteiger partial charge in [0.25, 0.3) is 0 Å². The van der Waals surface area contributed by atoms with E-state index < -0.39 is 5.41 Å². The van der Waals surface area contributed by atoms with Crippen LogP contribution in [0, 0.1) is 0 Å². The van der Waals surface area contributed by atoms with Crippen molar-refractivity contribution in [2.24, 2.45) is 0 Å². The van der Waals surface area contributed by atoms with Gasteiger partial charge in [-0.15, -0.1) is 0 Å². The van der Waals surface area contributed by atoms with Crippen molar-refractivity contribution in [2.75, 3.05) is 0 Å². The van der Waals surface area contributed by atoms with Crippen LogP contribution in [0.2, 0.25) is 0 Å². The largest absolute Gasteiger partial charge is 0.460 e. The van der Waals surface area contributed by atoms with Crippen LogP contribution in [-0.4, -0.2) is 5.97 Å². The van der Waals surface area contributed by atoms with Gasteiger partial charge in [-0.1, -0.05) is 77.7 Å². The van der Waals surface area contributed by atoms with Crippen molar-refractivity contribution in [1.82, 2.24) is 0 Å². The minimum absolute atomic E-state index is 0.0802. The molecule has 0 atom stereocenters. The second-order valence-electron chi connectivity index (χ2n) is 6.21. The molecule has 1 aliphatic rings. The third-order valence-electron chi connectivity index (χ3n) is 4.71. The van der Waals surface area contributed by atoms with E-state index in [4.69, 9.17) is 4.74 Å². The van der Waals surface area contributed by atoms with Crippen LogP contribution in [-0.2, 0) is 21.6 Å². The first kappa shape index (κ1) is 16.3. The summed E-state index contributed by atoms with van der Waals surface area (Å²) in [5.41, 5.74) is 1.63. The fourth-order valence-corrected chi connectivity index (χ4v) is 3.66. The molecular weight excluding hydrogens is 352 g/mol. The Morgan fingerprint density at radius 2 is 1.61 bits per heavy atom. The van der Waals surface area contributed by atoms with Crippen molar-refractivity contribution in [3.63, 3.8) is 0 Å². The Hall–Kier alpha value is -1.61. The molecule has 1 saturated carbocycles. The fourth-order valence-electron chi connectivity index (χ4n) is 3.40. The Kier molecular flexibility index (Phi) is 5.16. The van der Waals surface area contributed by atoms with E-state index in [-0.39, 0.29) is 5.97 Å². The molecule has 0 amide bonds. The zero-order valence-corrected chi connectivity index (χ0v) is 14.7. The molecule has 2 aromatic carbocycles. The number of benzene rings is 2. The maximum atomic E-state index is 12.9. The third kappa shape index (κ3) is 3.66. The summed E-state index contributed by atoms with van der Waals surface area (Å²) in [6.07, 6.45) is 5.11. The minimum Gasteiger partial charge on any atom is -0.460 e. The van der Waals surface area contributed by atoms with Crippen molar-refractivity contribution >= 4 is 21.9 Å². The van der Waals surface area contributed by atoms with Gasteiger partial charge in [0, 0.05) is 4.47 Å². The summed E-state index contributed by atoms with van der Waals surface area (Å²) >= 11 is 3.47. The number of hydrogen-bond donors (Lipinski definition) is 0. The van der Waals surface area contributed by atoms with Crippen molar-refractivity contribution in [2.45, 2.75) is 44.1 Å². The monoisotopic (exact) mass is 372 g/mol. The van der Waals surface area contributed by atoms with Crippen molar-refractivity contribution < 1.29 is 9.53 Å². The number of rotatable bonds is 4. The molecule has 0 saturated heterocycles. The van der Waals surface area contributed by atoms with E-state index >= 15 is 0 Å². The summed E-state index contributed by atoms with van der Waals surface area (Å²) in [6.45, 7) is 0.345. The summed E-state index contributed by atoms with van der Waals surface area (Å²) < 4.78 is 6.74. The number of carbonyl (C=O) groups excluding carboxylic acids is 1. The van der Waals surface area contributed by atoms with E-state index in [1.807, 2.05) is 42.5 Å². The fraction of sp³-hybridized carbons (Fsp3) is 0.350. The summed E-state index contributed by atoms with van der Waals surface area (Å²) in [6, 6.07) is 18.0. The lowest BCUT2D eigenvalue weighted by Gasteiger charge is -2.35. The molecule has 0 radical (unpaired) electrons.